The highest BCUT2D eigenvalue weighted by molar-refractivity contribution is 5.71. The van der Waals surface area contributed by atoms with Gasteiger partial charge in [0.05, 0.1) is 0 Å². The van der Waals surface area contributed by atoms with Gasteiger partial charge in [-0.05, 0) is 12.8 Å². The van der Waals surface area contributed by atoms with Crippen LogP contribution >= 0.6 is 0 Å². The molecule has 6 nitrogen and oxygen atoms in total. The molecular formula is C10H20N2O4. The third kappa shape index (κ3) is 4.86. The van der Waals surface area contributed by atoms with Crippen molar-refractivity contribution in [2.75, 3.05) is 13.1 Å². The zero-order valence-electron chi connectivity index (χ0n) is 9.85. The van der Waals surface area contributed by atoms with E-state index in [2.05, 4.69) is 0 Å². The summed E-state index contributed by atoms with van der Waals surface area (Å²) in [5.74, 6) is 0. The lowest BCUT2D eigenvalue weighted by atomic mass is 10.3. The van der Waals surface area contributed by atoms with Gasteiger partial charge >= 0.3 is 12.2 Å². The monoisotopic (exact) mass is 232 g/mol. The molecule has 0 aliphatic carbocycles. The van der Waals surface area contributed by atoms with Gasteiger partial charge in [0.1, 0.15) is 0 Å². The van der Waals surface area contributed by atoms with Crippen LogP contribution in [0.4, 0.5) is 9.59 Å². The van der Waals surface area contributed by atoms with Crippen molar-refractivity contribution in [3.8, 4) is 0 Å². The number of rotatable bonds is 6. The first-order chi connectivity index (χ1) is 7.54. The Morgan fingerprint density at radius 3 is 1.38 bits per heavy atom. The molecule has 0 aromatic carbocycles. The van der Waals surface area contributed by atoms with Crippen LogP contribution in [0.2, 0.25) is 0 Å². The molecule has 2 amide bonds. The summed E-state index contributed by atoms with van der Waals surface area (Å²) in [5.41, 5.74) is 0. The van der Waals surface area contributed by atoms with Crippen molar-refractivity contribution in [2.45, 2.75) is 39.5 Å². The molecule has 94 valence electrons. The molecule has 0 aliphatic heterocycles. The lowest BCUT2D eigenvalue weighted by molar-refractivity contribution is -0.000258. The van der Waals surface area contributed by atoms with Crippen molar-refractivity contribution in [1.82, 2.24) is 10.0 Å². The van der Waals surface area contributed by atoms with Gasteiger partial charge in [0, 0.05) is 13.1 Å². The number of carboxylic acid groups (broad SMARTS) is 2. The molecule has 0 aliphatic rings. The average molecular weight is 232 g/mol. The Balaban J connectivity index is 4.52. The number of amides is 2. The van der Waals surface area contributed by atoms with E-state index in [1.807, 2.05) is 13.8 Å². The summed E-state index contributed by atoms with van der Waals surface area (Å²) in [5, 5.41) is 19.6. The highest BCUT2D eigenvalue weighted by Crippen LogP contribution is 2.05. The van der Waals surface area contributed by atoms with Gasteiger partial charge in [0.2, 0.25) is 0 Å². The van der Waals surface area contributed by atoms with E-state index in [-0.39, 0.29) is 13.1 Å². The van der Waals surface area contributed by atoms with Crippen LogP contribution in [0.3, 0.4) is 0 Å². The van der Waals surface area contributed by atoms with Crippen molar-refractivity contribution in [2.24, 2.45) is 0 Å². The van der Waals surface area contributed by atoms with Crippen molar-refractivity contribution >= 4 is 12.2 Å². The molecule has 2 N–H and O–H groups in total. The van der Waals surface area contributed by atoms with Gasteiger partial charge in [0.15, 0.2) is 0 Å². The third-order valence-corrected chi connectivity index (χ3v) is 2.18. The Kier molecular flexibility index (Phi) is 7.07. The van der Waals surface area contributed by atoms with Crippen molar-refractivity contribution in [3.63, 3.8) is 0 Å². The maximum absolute atomic E-state index is 10.9. The van der Waals surface area contributed by atoms with Crippen LogP contribution in [0.5, 0.6) is 0 Å². The maximum atomic E-state index is 10.9. The van der Waals surface area contributed by atoms with Gasteiger partial charge in [-0.15, -0.1) is 0 Å². The summed E-state index contributed by atoms with van der Waals surface area (Å²) in [6.45, 7) is 4.30. The third-order valence-electron chi connectivity index (χ3n) is 2.18. The molecule has 0 rings (SSSR count). The van der Waals surface area contributed by atoms with E-state index in [1.54, 1.807) is 0 Å². The van der Waals surface area contributed by atoms with Crippen LogP contribution < -0.4 is 0 Å². The second-order valence-electron chi connectivity index (χ2n) is 3.52. The average Bonchev–Trinajstić information content (AvgIpc) is 2.21. The van der Waals surface area contributed by atoms with E-state index in [9.17, 15) is 9.59 Å². The molecule has 0 radical (unpaired) electrons. The summed E-state index contributed by atoms with van der Waals surface area (Å²) in [6, 6.07) is 0. The molecular weight excluding hydrogens is 212 g/mol. The number of unbranched alkanes of at least 4 members (excludes halogenated alkanes) is 2. The topological polar surface area (TPSA) is 81.1 Å². The molecule has 0 saturated carbocycles. The van der Waals surface area contributed by atoms with Crippen LogP contribution in [-0.4, -0.2) is 45.5 Å². The number of hydrogen-bond acceptors (Lipinski definition) is 2. The molecule has 0 unspecified atom stereocenters. The lowest BCUT2D eigenvalue weighted by Crippen LogP contribution is -2.49. The summed E-state index contributed by atoms with van der Waals surface area (Å²) >= 11 is 0. The Labute approximate surface area is 95.4 Å². The minimum Gasteiger partial charge on any atom is -0.464 e. The van der Waals surface area contributed by atoms with Crippen molar-refractivity contribution in [3.05, 3.63) is 0 Å². The second kappa shape index (κ2) is 7.78. The number of carbonyl (C=O) groups is 2. The molecule has 0 saturated heterocycles. The molecule has 0 aromatic rings. The highest BCUT2D eigenvalue weighted by Gasteiger charge is 2.24. The zero-order chi connectivity index (χ0) is 12.6. The molecule has 0 atom stereocenters. The van der Waals surface area contributed by atoms with E-state index in [4.69, 9.17) is 10.2 Å². The predicted octanol–water partition coefficient (Wildman–Crippen LogP) is 2.46. The van der Waals surface area contributed by atoms with Crippen LogP contribution in [0.1, 0.15) is 39.5 Å². The minimum absolute atomic E-state index is 0.224. The summed E-state index contributed by atoms with van der Waals surface area (Å²) in [7, 11) is 0. The number of hydrazine groups is 1. The van der Waals surface area contributed by atoms with Crippen LogP contribution in [-0.2, 0) is 0 Å². The first kappa shape index (κ1) is 14.5. The standard InChI is InChI=1S/C10H20N2O4/c1-3-5-7-11(9(13)14)12(10(15)16)8-6-4-2/h3-8H2,1-2H3,(H,13,14)(H,15,16). The fourth-order valence-electron chi connectivity index (χ4n) is 1.25. The van der Waals surface area contributed by atoms with Gasteiger partial charge in [-0.1, -0.05) is 26.7 Å². The summed E-state index contributed by atoms with van der Waals surface area (Å²) in [4.78, 5) is 21.9. The van der Waals surface area contributed by atoms with Gasteiger partial charge < -0.3 is 10.2 Å². The Morgan fingerprint density at radius 2 is 1.19 bits per heavy atom. The molecule has 6 heteroatoms. The fraction of sp³-hybridized carbons (Fsp3) is 0.800. The van der Waals surface area contributed by atoms with Crippen molar-refractivity contribution < 1.29 is 19.8 Å². The van der Waals surface area contributed by atoms with Gasteiger partial charge in [-0.2, -0.15) is 0 Å². The molecule has 0 heterocycles. The van der Waals surface area contributed by atoms with Gasteiger partial charge in [0.25, 0.3) is 0 Å². The van der Waals surface area contributed by atoms with E-state index < -0.39 is 12.2 Å². The quantitative estimate of drug-likeness (QED) is 0.689. The van der Waals surface area contributed by atoms with Crippen LogP contribution in [0, 0.1) is 0 Å². The Morgan fingerprint density at radius 1 is 0.875 bits per heavy atom. The number of hydrogen-bond donors (Lipinski definition) is 2. The highest BCUT2D eigenvalue weighted by atomic mass is 16.4. The molecule has 0 fully saturated rings. The summed E-state index contributed by atoms with van der Waals surface area (Å²) < 4.78 is 0. The van der Waals surface area contributed by atoms with E-state index in [0.717, 1.165) is 22.9 Å². The largest absolute Gasteiger partial charge is 0.464 e. The van der Waals surface area contributed by atoms with Crippen LogP contribution in [0.25, 0.3) is 0 Å². The van der Waals surface area contributed by atoms with Gasteiger partial charge in [-0.25, -0.2) is 19.6 Å². The van der Waals surface area contributed by atoms with Crippen LogP contribution in [0.15, 0.2) is 0 Å². The Hall–Kier alpha value is -1.46. The number of nitrogens with zero attached hydrogens (tertiary/aromatic N) is 2. The normalized spacial score (nSPS) is 9.88. The Bertz CT molecular complexity index is 209. The van der Waals surface area contributed by atoms with E-state index in [1.165, 1.54) is 0 Å². The van der Waals surface area contributed by atoms with E-state index in [0.29, 0.717) is 12.8 Å². The lowest BCUT2D eigenvalue weighted by Gasteiger charge is -2.30. The first-order valence-electron chi connectivity index (χ1n) is 5.55. The van der Waals surface area contributed by atoms with E-state index >= 15 is 0 Å². The smallest absolute Gasteiger partial charge is 0.426 e. The fourth-order valence-corrected chi connectivity index (χ4v) is 1.25. The molecule has 0 spiro atoms. The van der Waals surface area contributed by atoms with Gasteiger partial charge in [-0.3, -0.25) is 0 Å². The predicted molar refractivity (Wildman–Crippen MR) is 59.3 cm³/mol. The van der Waals surface area contributed by atoms with Crippen molar-refractivity contribution in [1.29, 1.82) is 0 Å². The first-order valence-corrected chi connectivity index (χ1v) is 5.55. The summed E-state index contributed by atoms with van der Waals surface area (Å²) in [6.07, 6.45) is 0.527. The molecule has 0 bridgehead atoms. The maximum Gasteiger partial charge on any atom is 0.426 e. The molecule has 0 aromatic heterocycles. The zero-order valence-corrected chi connectivity index (χ0v) is 9.85. The second-order valence-corrected chi connectivity index (χ2v) is 3.52. The molecule has 16 heavy (non-hydrogen) atoms. The SMILES string of the molecule is CCCCN(C(=O)O)N(CCCC)C(=O)O. The minimum atomic E-state index is -1.22.